The van der Waals surface area contributed by atoms with Gasteiger partial charge in [-0.1, -0.05) is 30.3 Å². The average molecular weight is 269 g/mol. The summed E-state index contributed by atoms with van der Waals surface area (Å²) in [5, 5.41) is 8.82. The summed E-state index contributed by atoms with van der Waals surface area (Å²) in [6.07, 6.45) is 0. The van der Waals surface area contributed by atoms with Gasteiger partial charge in [0, 0.05) is 6.07 Å². The number of benzene rings is 2. The highest BCUT2D eigenvalue weighted by Gasteiger charge is 2.05. The largest absolute Gasteiger partial charge is 0.493 e. The molecule has 0 aromatic heterocycles. The third kappa shape index (κ3) is 3.74. The molecule has 0 fully saturated rings. The second-order valence-electron chi connectivity index (χ2n) is 4.07. The number of hydrogen-bond donors (Lipinski definition) is 0. The van der Waals surface area contributed by atoms with Crippen LogP contribution in [0, 0.1) is 11.3 Å². The topological polar surface area (TPSA) is 51.5 Å². The molecule has 0 bridgehead atoms. The Hall–Kier alpha value is -2.51. The maximum Gasteiger partial charge on any atom is 0.189 e. The molecule has 0 unspecified atom stereocenters. The van der Waals surface area contributed by atoms with E-state index in [0.717, 1.165) is 5.56 Å². The Morgan fingerprint density at radius 2 is 1.85 bits per heavy atom. The van der Waals surface area contributed by atoms with Gasteiger partial charge < -0.3 is 14.2 Å². The lowest BCUT2D eigenvalue weighted by Crippen LogP contribution is -2.04. The number of rotatable bonds is 6. The highest BCUT2D eigenvalue weighted by Crippen LogP contribution is 2.27. The zero-order valence-corrected chi connectivity index (χ0v) is 11.2. The summed E-state index contributed by atoms with van der Waals surface area (Å²) in [5.74, 6) is 1.08. The SMILES string of the molecule is COc1cc(C#N)ccc1OCOCc1ccccc1. The van der Waals surface area contributed by atoms with Crippen molar-refractivity contribution in [3.05, 3.63) is 59.7 Å². The molecule has 0 radical (unpaired) electrons. The van der Waals surface area contributed by atoms with Gasteiger partial charge in [0.1, 0.15) is 0 Å². The molecule has 0 saturated heterocycles. The van der Waals surface area contributed by atoms with Gasteiger partial charge in [-0.2, -0.15) is 5.26 Å². The summed E-state index contributed by atoms with van der Waals surface area (Å²) >= 11 is 0. The van der Waals surface area contributed by atoms with Crippen LogP contribution in [-0.2, 0) is 11.3 Å². The number of methoxy groups -OCH3 is 1. The Morgan fingerprint density at radius 3 is 2.55 bits per heavy atom. The summed E-state index contributed by atoms with van der Waals surface area (Å²) < 4.78 is 16.1. The van der Waals surface area contributed by atoms with Gasteiger partial charge in [-0.25, -0.2) is 0 Å². The summed E-state index contributed by atoms with van der Waals surface area (Å²) in [6, 6.07) is 16.9. The lowest BCUT2D eigenvalue weighted by Gasteiger charge is -2.11. The number of hydrogen-bond acceptors (Lipinski definition) is 4. The molecule has 0 N–H and O–H groups in total. The molecule has 0 aliphatic carbocycles. The van der Waals surface area contributed by atoms with Gasteiger partial charge in [0.25, 0.3) is 0 Å². The van der Waals surface area contributed by atoms with Crippen molar-refractivity contribution < 1.29 is 14.2 Å². The monoisotopic (exact) mass is 269 g/mol. The molecule has 0 atom stereocenters. The number of nitrogens with zero attached hydrogens (tertiary/aromatic N) is 1. The molecule has 0 saturated carbocycles. The molecule has 4 nitrogen and oxygen atoms in total. The van der Waals surface area contributed by atoms with Crippen molar-refractivity contribution in [1.29, 1.82) is 5.26 Å². The molecule has 2 rings (SSSR count). The van der Waals surface area contributed by atoms with Crippen molar-refractivity contribution in [2.45, 2.75) is 6.61 Å². The molecule has 2 aromatic carbocycles. The highest BCUT2D eigenvalue weighted by atomic mass is 16.7. The van der Waals surface area contributed by atoms with Gasteiger partial charge in [0.05, 0.1) is 25.3 Å². The smallest absolute Gasteiger partial charge is 0.189 e. The first-order chi connectivity index (χ1) is 9.83. The normalized spacial score (nSPS) is 9.80. The Kier molecular flexibility index (Phi) is 4.99. The first kappa shape index (κ1) is 13.9. The maximum absolute atomic E-state index is 8.82. The van der Waals surface area contributed by atoms with E-state index in [9.17, 15) is 0 Å². The zero-order valence-electron chi connectivity index (χ0n) is 11.2. The third-order valence-corrected chi connectivity index (χ3v) is 2.70. The van der Waals surface area contributed by atoms with Gasteiger partial charge in [-0.3, -0.25) is 0 Å². The predicted molar refractivity (Wildman–Crippen MR) is 74.4 cm³/mol. The predicted octanol–water partition coefficient (Wildman–Crippen LogP) is 3.12. The van der Waals surface area contributed by atoms with Crippen molar-refractivity contribution in [1.82, 2.24) is 0 Å². The summed E-state index contributed by atoms with van der Waals surface area (Å²) in [5.41, 5.74) is 1.61. The highest BCUT2D eigenvalue weighted by molar-refractivity contribution is 5.46. The van der Waals surface area contributed by atoms with Crippen LogP contribution in [0.4, 0.5) is 0 Å². The van der Waals surface area contributed by atoms with E-state index in [1.54, 1.807) is 18.2 Å². The van der Waals surface area contributed by atoms with Crippen molar-refractivity contribution in [2.24, 2.45) is 0 Å². The molecule has 4 heteroatoms. The molecular formula is C16H15NO3. The fraction of sp³-hybridized carbons (Fsp3) is 0.188. The Bertz CT molecular complexity index is 590. The van der Waals surface area contributed by atoms with Crippen LogP contribution < -0.4 is 9.47 Å². The van der Waals surface area contributed by atoms with E-state index < -0.39 is 0 Å². The van der Waals surface area contributed by atoms with Crippen LogP contribution in [0.2, 0.25) is 0 Å². The van der Waals surface area contributed by atoms with Gasteiger partial charge in [0.15, 0.2) is 18.3 Å². The van der Waals surface area contributed by atoms with Gasteiger partial charge in [-0.05, 0) is 17.7 Å². The van der Waals surface area contributed by atoms with Crippen LogP contribution in [0.3, 0.4) is 0 Å². The minimum atomic E-state index is 0.122. The molecule has 20 heavy (non-hydrogen) atoms. The molecular weight excluding hydrogens is 254 g/mol. The maximum atomic E-state index is 8.82. The van der Waals surface area contributed by atoms with Crippen LogP contribution >= 0.6 is 0 Å². The molecule has 0 heterocycles. The fourth-order valence-electron chi connectivity index (χ4n) is 1.70. The van der Waals surface area contributed by atoms with E-state index >= 15 is 0 Å². The van der Waals surface area contributed by atoms with E-state index in [1.165, 1.54) is 7.11 Å². The first-order valence-corrected chi connectivity index (χ1v) is 6.16. The van der Waals surface area contributed by atoms with Crippen LogP contribution in [0.5, 0.6) is 11.5 Å². The Morgan fingerprint density at radius 1 is 1.05 bits per heavy atom. The first-order valence-electron chi connectivity index (χ1n) is 6.16. The molecule has 2 aromatic rings. The second kappa shape index (κ2) is 7.17. The summed E-state index contributed by atoms with van der Waals surface area (Å²) in [7, 11) is 1.54. The van der Waals surface area contributed by atoms with E-state index in [4.69, 9.17) is 19.5 Å². The second-order valence-corrected chi connectivity index (χ2v) is 4.07. The molecule has 0 aliphatic rings. The van der Waals surface area contributed by atoms with Crippen molar-refractivity contribution in [3.63, 3.8) is 0 Å². The van der Waals surface area contributed by atoms with Crippen LogP contribution in [-0.4, -0.2) is 13.9 Å². The molecule has 102 valence electrons. The van der Waals surface area contributed by atoms with Gasteiger partial charge in [0.2, 0.25) is 0 Å². The molecule has 0 amide bonds. The van der Waals surface area contributed by atoms with E-state index in [0.29, 0.717) is 23.7 Å². The third-order valence-electron chi connectivity index (χ3n) is 2.70. The minimum absolute atomic E-state index is 0.122. The summed E-state index contributed by atoms with van der Waals surface area (Å²) in [4.78, 5) is 0. The summed E-state index contributed by atoms with van der Waals surface area (Å²) in [6.45, 7) is 0.608. The fourth-order valence-corrected chi connectivity index (χ4v) is 1.70. The number of ether oxygens (including phenoxy) is 3. The van der Waals surface area contributed by atoms with Crippen LogP contribution in [0.25, 0.3) is 0 Å². The van der Waals surface area contributed by atoms with Gasteiger partial charge in [-0.15, -0.1) is 0 Å². The van der Waals surface area contributed by atoms with Crippen LogP contribution in [0.15, 0.2) is 48.5 Å². The van der Waals surface area contributed by atoms with Crippen molar-refractivity contribution in [3.8, 4) is 17.6 Å². The van der Waals surface area contributed by atoms with Crippen molar-refractivity contribution >= 4 is 0 Å². The lowest BCUT2D eigenvalue weighted by atomic mass is 10.2. The van der Waals surface area contributed by atoms with Gasteiger partial charge >= 0.3 is 0 Å². The average Bonchev–Trinajstić information content (AvgIpc) is 2.52. The number of nitriles is 1. The van der Waals surface area contributed by atoms with E-state index in [2.05, 4.69) is 6.07 Å². The van der Waals surface area contributed by atoms with E-state index in [-0.39, 0.29) is 6.79 Å². The lowest BCUT2D eigenvalue weighted by molar-refractivity contribution is 0.00376. The standard InChI is InChI=1S/C16H15NO3/c1-18-16-9-14(10-17)7-8-15(16)20-12-19-11-13-5-3-2-4-6-13/h2-9H,11-12H2,1H3. The quantitative estimate of drug-likeness (QED) is 0.597. The Labute approximate surface area is 118 Å². The van der Waals surface area contributed by atoms with E-state index in [1.807, 2.05) is 30.3 Å². The van der Waals surface area contributed by atoms with Crippen molar-refractivity contribution in [2.75, 3.05) is 13.9 Å². The molecule has 0 aliphatic heterocycles. The minimum Gasteiger partial charge on any atom is -0.493 e. The zero-order chi connectivity index (χ0) is 14.2. The van der Waals surface area contributed by atoms with Crippen LogP contribution in [0.1, 0.15) is 11.1 Å². The Balaban J connectivity index is 1.87. The molecule has 0 spiro atoms.